The van der Waals surface area contributed by atoms with E-state index in [2.05, 4.69) is 0 Å². The van der Waals surface area contributed by atoms with Crippen LogP contribution in [0.1, 0.15) is 19.8 Å². The second-order valence-corrected chi connectivity index (χ2v) is 5.13. The number of carbonyl (C=O) groups is 1. The lowest BCUT2D eigenvalue weighted by atomic mass is 10.2. The molecule has 0 unspecified atom stereocenters. The van der Waals surface area contributed by atoms with Crippen LogP contribution in [0.5, 0.6) is 0 Å². The molecule has 0 aromatic carbocycles. The molecule has 78 valence electrons. The van der Waals surface area contributed by atoms with Gasteiger partial charge in [-0.1, -0.05) is 0 Å². The summed E-state index contributed by atoms with van der Waals surface area (Å²) in [6.07, 6.45) is 1.54. The molecule has 0 aliphatic rings. The van der Waals surface area contributed by atoms with Crippen LogP contribution in [-0.4, -0.2) is 39.4 Å². The summed E-state index contributed by atoms with van der Waals surface area (Å²) < 4.78 is 26.3. The summed E-state index contributed by atoms with van der Waals surface area (Å²) in [7, 11) is -3.01. The summed E-state index contributed by atoms with van der Waals surface area (Å²) in [4.78, 5) is 11.0. The van der Waals surface area contributed by atoms with Crippen LogP contribution in [0.4, 0.5) is 0 Å². The van der Waals surface area contributed by atoms with Crippen molar-refractivity contribution in [1.29, 1.82) is 0 Å². The number of rotatable bonds is 7. The SMILES string of the molecule is CCOCCC(=O)CCS(C)(=O)=O. The third-order valence-corrected chi connectivity index (χ3v) is 2.43. The highest BCUT2D eigenvalue weighted by molar-refractivity contribution is 7.90. The van der Waals surface area contributed by atoms with Gasteiger partial charge in [0.25, 0.3) is 0 Å². The van der Waals surface area contributed by atoms with Crippen LogP contribution in [0, 0.1) is 0 Å². The summed E-state index contributed by atoms with van der Waals surface area (Å²) >= 11 is 0. The molecule has 13 heavy (non-hydrogen) atoms. The zero-order valence-electron chi connectivity index (χ0n) is 8.08. The highest BCUT2D eigenvalue weighted by atomic mass is 32.2. The first-order valence-electron chi connectivity index (χ1n) is 4.23. The minimum absolute atomic E-state index is 0.0566. The smallest absolute Gasteiger partial charge is 0.147 e. The Balaban J connectivity index is 3.53. The number of ether oxygens (including phenoxy) is 1. The van der Waals surface area contributed by atoms with Crippen molar-refractivity contribution in [3.63, 3.8) is 0 Å². The van der Waals surface area contributed by atoms with Gasteiger partial charge in [-0.15, -0.1) is 0 Å². The Hall–Kier alpha value is -0.420. The number of Topliss-reactive ketones (excluding diaryl/α,β-unsaturated/α-hetero) is 1. The normalized spacial score (nSPS) is 11.5. The maximum atomic E-state index is 11.0. The largest absolute Gasteiger partial charge is 0.381 e. The summed E-state index contributed by atoms with van der Waals surface area (Å²) in [5.41, 5.74) is 0. The lowest BCUT2D eigenvalue weighted by Gasteiger charge is -2.00. The van der Waals surface area contributed by atoms with E-state index in [0.717, 1.165) is 6.26 Å². The molecular weight excluding hydrogens is 192 g/mol. The molecule has 0 heterocycles. The number of sulfone groups is 1. The lowest BCUT2D eigenvalue weighted by Crippen LogP contribution is -2.11. The Bertz CT molecular complexity index is 243. The molecule has 0 amide bonds. The summed E-state index contributed by atoms with van der Waals surface area (Å²) in [6, 6.07) is 0. The fraction of sp³-hybridized carbons (Fsp3) is 0.875. The van der Waals surface area contributed by atoms with Crippen molar-refractivity contribution >= 4 is 15.6 Å². The molecule has 0 rings (SSSR count). The molecule has 5 heteroatoms. The average Bonchev–Trinajstić information content (AvgIpc) is 2.00. The van der Waals surface area contributed by atoms with E-state index in [9.17, 15) is 13.2 Å². The van der Waals surface area contributed by atoms with Gasteiger partial charge in [0, 0.05) is 25.7 Å². The van der Waals surface area contributed by atoms with Crippen LogP contribution in [0.3, 0.4) is 0 Å². The monoisotopic (exact) mass is 208 g/mol. The molecule has 0 aliphatic heterocycles. The molecule has 0 fully saturated rings. The predicted octanol–water partition coefficient (Wildman–Crippen LogP) is 0.417. The van der Waals surface area contributed by atoms with E-state index < -0.39 is 9.84 Å². The van der Waals surface area contributed by atoms with E-state index in [0.29, 0.717) is 19.6 Å². The Kier molecular flexibility index (Phi) is 5.90. The van der Waals surface area contributed by atoms with Gasteiger partial charge in [-0.2, -0.15) is 0 Å². The van der Waals surface area contributed by atoms with E-state index in [4.69, 9.17) is 4.74 Å². The van der Waals surface area contributed by atoms with Crippen molar-refractivity contribution in [3.05, 3.63) is 0 Å². The molecule has 0 saturated heterocycles. The van der Waals surface area contributed by atoms with E-state index in [1.54, 1.807) is 0 Å². The third-order valence-electron chi connectivity index (χ3n) is 1.48. The number of carbonyl (C=O) groups excluding carboxylic acids is 1. The van der Waals surface area contributed by atoms with Crippen LogP contribution >= 0.6 is 0 Å². The Morgan fingerprint density at radius 1 is 1.31 bits per heavy atom. The van der Waals surface area contributed by atoms with Crippen molar-refractivity contribution in [2.24, 2.45) is 0 Å². The Labute approximate surface area is 79.2 Å². The summed E-state index contributed by atoms with van der Waals surface area (Å²) in [6.45, 7) is 2.82. The molecule has 4 nitrogen and oxygen atoms in total. The van der Waals surface area contributed by atoms with E-state index in [-0.39, 0.29) is 18.0 Å². The minimum atomic E-state index is -3.01. The third kappa shape index (κ3) is 9.49. The van der Waals surface area contributed by atoms with Crippen molar-refractivity contribution in [1.82, 2.24) is 0 Å². The minimum Gasteiger partial charge on any atom is -0.381 e. The topological polar surface area (TPSA) is 60.4 Å². The van der Waals surface area contributed by atoms with Crippen LogP contribution in [0.25, 0.3) is 0 Å². The van der Waals surface area contributed by atoms with Gasteiger partial charge in [0.1, 0.15) is 15.6 Å². The quantitative estimate of drug-likeness (QED) is 0.569. The predicted molar refractivity (Wildman–Crippen MR) is 50.4 cm³/mol. The van der Waals surface area contributed by atoms with Crippen LogP contribution < -0.4 is 0 Å². The van der Waals surface area contributed by atoms with Crippen LogP contribution in [-0.2, 0) is 19.4 Å². The van der Waals surface area contributed by atoms with Gasteiger partial charge in [0.15, 0.2) is 0 Å². The van der Waals surface area contributed by atoms with Gasteiger partial charge in [0.2, 0.25) is 0 Å². The van der Waals surface area contributed by atoms with Gasteiger partial charge >= 0.3 is 0 Å². The first kappa shape index (κ1) is 12.6. The van der Waals surface area contributed by atoms with Crippen LogP contribution in [0.2, 0.25) is 0 Å². The van der Waals surface area contributed by atoms with Gasteiger partial charge in [0.05, 0.1) is 12.4 Å². The van der Waals surface area contributed by atoms with Crippen molar-refractivity contribution in [2.45, 2.75) is 19.8 Å². The molecule has 0 aromatic rings. The van der Waals surface area contributed by atoms with Crippen molar-refractivity contribution < 1.29 is 17.9 Å². The highest BCUT2D eigenvalue weighted by Crippen LogP contribution is 1.95. The molecule has 0 spiro atoms. The zero-order valence-corrected chi connectivity index (χ0v) is 8.89. The van der Waals surface area contributed by atoms with Gasteiger partial charge in [-0.05, 0) is 6.92 Å². The molecular formula is C8H16O4S. The Morgan fingerprint density at radius 2 is 1.92 bits per heavy atom. The molecule has 0 aliphatic carbocycles. The Morgan fingerprint density at radius 3 is 2.38 bits per heavy atom. The molecule has 0 saturated carbocycles. The van der Waals surface area contributed by atoms with Crippen molar-refractivity contribution in [3.8, 4) is 0 Å². The molecule has 0 radical (unpaired) electrons. The summed E-state index contributed by atoms with van der Waals surface area (Å²) in [5.74, 6) is -0.114. The molecule has 0 atom stereocenters. The second-order valence-electron chi connectivity index (χ2n) is 2.87. The maximum absolute atomic E-state index is 11.0. The number of hydrogen-bond donors (Lipinski definition) is 0. The van der Waals surface area contributed by atoms with E-state index in [1.807, 2.05) is 6.92 Å². The van der Waals surface area contributed by atoms with Crippen molar-refractivity contribution in [2.75, 3.05) is 25.2 Å². The van der Waals surface area contributed by atoms with Gasteiger partial charge < -0.3 is 4.74 Å². The maximum Gasteiger partial charge on any atom is 0.147 e. The average molecular weight is 208 g/mol. The first-order chi connectivity index (χ1) is 5.95. The lowest BCUT2D eigenvalue weighted by molar-refractivity contribution is -0.119. The fourth-order valence-corrected chi connectivity index (χ4v) is 1.35. The van der Waals surface area contributed by atoms with Crippen LogP contribution in [0.15, 0.2) is 0 Å². The standard InChI is InChI=1S/C8H16O4S/c1-3-12-6-4-8(9)5-7-13(2,10)11/h3-7H2,1-2H3. The number of hydrogen-bond acceptors (Lipinski definition) is 4. The number of ketones is 1. The second kappa shape index (κ2) is 6.10. The first-order valence-corrected chi connectivity index (χ1v) is 6.29. The van der Waals surface area contributed by atoms with E-state index in [1.165, 1.54) is 0 Å². The molecule has 0 N–H and O–H groups in total. The molecule has 0 aromatic heterocycles. The molecule has 0 bridgehead atoms. The fourth-order valence-electron chi connectivity index (χ4n) is 0.755. The van der Waals surface area contributed by atoms with E-state index >= 15 is 0 Å². The van der Waals surface area contributed by atoms with Gasteiger partial charge in [-0.25, -0.2) is 8.42 Å². The highest BCUT2D eigenvalue weighted by Gasteiger charge is 2.07. The zero-order chi connectivity index (χ0) is 10.3. The van der Waals surface area contributed by atoms with Gasteiger partial charge in [-0.3, -0.25) is 4.79 Å². The summed E-state index contributed by atoms with van der Waals surface area (Å²) in [5, 5.41) is 0.